The van der Waals surface area contributed by atoms with Crippen LogP contribution in [-0.2, 0) is 12.8 Å². The fourth-order valence-electron chi connectivity index (χ4n) is 4.03. The van der Waals surface area contributed by atoms with Gasteiger partial charge in [-0.3, -0.25) is 0 Å². The Morgan fingerprint density at radius 2 is 1.18 bits per heavy atom. The fraction of sp³-hybridized carbons (Fsp3) is 0.0714. The molecule has 4 aromatic carbocycles. The zero-order valence-electron chi connectivity index (χ0n) is 17.9. The summed E-state index contributed by atoms with van der Waals surface area (Å²) in [5, 5.41) is 23.8. The van der Waals surface area contributed by atoms with E-state index in [0.717, 1.165) is 40.7 Å². The molecule has 158 valence electrons. The van der Waals surface area contributed by atoms with Crippen molar-refractivity contribution in [3.63, 3.8) is 0 Å². The van der Waals surface area contributed by atoms with Crippen molar-refractivity contribution in [3.05, 3.63) is 114 Å². The quantitative estimate of drug-likeness (QED) is 0.368. The summed E-state index contributed by atoms with van der Waals surface area (Å²) in [5.41, 5.74) is 8.47. The molecule has 0 aliphatic heterocycles. The summed E-state index contributed by atoms with van der Waals surface area (Å²) in [6.07, 6.45) is 1.92. The summed E-state index contributed by atoms with van der Waals surface area (Å²) in [6, 6.07) is 35.2. The molecule has 0 amide bonds. The van der Waals surface area contributed by atoms with Crippen LogP contribution >= 0.6 is 0 Å². The van der Waals surface area contributed by atoms with Crippen molar-refractivity contribution in [2.75, 3.05) is 0 Å². The van der Waals surface area contributed by atoms with Gasteiger partial charge in [0.1, 0.15) is 0 Å². The van der Waals surface area contributed by atoms with Crippen molar-refractivity contribution in [1.29, 1.82) is 5.26 Å². The molecule has 5 aromatic rings. The summed E-state index contributed by atoms with van der Waals surface area (Å²) in [5.74, 6) is 0.593. The Bertz CT molecular complexity index is 1400. The monoisotopic (exact) mass is 427 g/mol. The number of tetrazole rings is 1. The molecule has 0 fully saturated rings. The van der Waals surface area contributed by atoms with Gasteiger partial charge < -0.3 is 0 Å². The molecule has 1 heterocycles. The molecule has 5 nitrogen and oxygen atoms in total. The van der Waals surface area contributed by atoms with E-state index in [4.69, 9.17) is 0 Å². The highest BCUT2D eigenvalue weighted by atomic mass is 15.5. The Kier molecular flexibility index (Phi) is 5.73. The normalized spacial score (nSPS) is 10.6. The van der Waals surface area contributed by atoms with Gasteiger partial charge in [0.25, 0.3) is 0 Å². The number of nitrogens with zero attached hydrogens (tertiary/aromatic N) is 4. The van der Waals surface area contributed by atoms with Crippen molar-refractivity contribution in [2.24, 2.45) is 0 Å². The SMILES string of the molecule is N#Cc1ccccc1-c1ccc(CCc2ccc(-c3ccccc3-c3nn[nH]n3)cc2)cc1. The minimum atomic E-state index is 0.593. The third-order valence-electron chi connectivity index (χ3n) is 5.79. The van der Waals surface area contributed by atoms with Crippen LogP contribution in [0.3, 0.4) is 0 Å². The van der Waals surface area contributed by atoms with Crippen molar-refractivity contribution < 1.29 is 0 Å². The van der Waals surface area contributed by atoms with Gasteiger partial charge in [0.2, 0.25) is 5.82 Å². The van der Waals surface area contributed by atoms with Crippen molar-refractivity contribution in [3.8, 4) is 39.7 Å². The van der Waals surface area contributed by atoms with Gasteiger partial charge in [-0.1, -0.05) is 91.0 Å². The molecule has 33 heavy (non-hydrogen) atoms. The number of benzene rings is 4. The number of hydrogen-bond donors (Lipinski definition) is 1. The number of aromatic amines is 1. The molecule has 0 aliphatic rings. The molecule has 0 radical (unpaired) electrons. The zero-order valence-corrected chi connectivity index (χ0v) is 17.9. The topological polar surface area (TPSA) is 78.2 Å². The van der Waals surface area contributed by atoms with E-state index in [1.54, 1.807) is 0 Å². The highest BCUT2D eigenvalue weighted by Crippen LogP contribution is 2.30. The molecule has 1 N–H and O–H groups in total. The Labute approximate surface area is 192 Å². The number of hydrogen-bond acceptors (Lipinski definition) is 4. The van der Waals surface area contributed by atoms with Crippen LogP contribution < -0.4 is 0 Å². The first-order valence-corrected chi connectivity index (χ1v) is 10.8. The maximum atomic E-state index is 9.34. The largest absolute Gasteiger partial charge is 0.205 e. The second kappa shape index (κ2) is 9.29. The van der Waals surface area contributed by atoms with Gasteiger partial charge in [-0.05, 0) is 57.5 Å². The van der Waals surface area contributed by atoms with Crippen molar-refractivity contribution in [1.82, 2.24) is 20.6 Å². The third kappa shape index (κ3) is 4.41. The number of H-pyrrole nitrogens is 1. The van der Waals surface area contributed by atoms with E-state index in [9.17, 15) is 5.26 Å². The Morgan fingerprint density at radius 3 is 1.76 bits per heavy atom. The molecule has 5 heteroatoms. The summed E-state index contributed by atoms with van der Waals surface area (Å²) < 4.78 is 0. The maximum Gasteiger partial charge on any atom is 0.205 e. The van der Waals surface area contributed by atoms with E-state index in [-0.39, 0.29) is 0 Å². The predicted octanol–water partition coefficient (Wildman–Crippen LogP) is 5.86. The van der Waals surface area contributed by atoms with Crippen LogP contribution in [0.5, 0.6) is 0 Å². The summed E-state index contributed by atoms with van der Waals surface area (Å²) in [7, 11) is 0. The van der Waals surface area contributed by atoms with E-state index in [0.29, 0.717) is 11.4 Å². The second-order valence-corrected chi connectivity index (χ2v) is 7.83. The molecule has 5 rings (SSSR count). The Morgan fingerprint density at radius 1 is 0.636 bits per heavy atom. The molecule has 0 spiro atoms. The van der Waals surface area contributed by atoms with Crippen molar-refractivity contribution in [2.45, 2.75) is 12.8 Å². The van der Waals surface area contributed by atoms with Gasteiger partial charge >= 0.3 is 0 Å². The number of nitrogens with one attached hydrogen (secondary N) is 1. The summed E-state index contributed by atoms with van der Waals surface area (Å²) >= 11 is 0. The van der Waals surface area contributed by atoms with Crippen LogP contribution in [0.2, 0.25) is 0 Å². The average Bonchev–Trinajstić information content (AvgIpc) is 3.43. The first-order chi connectivity index (χ1) is 16.3. The molecule has 0 saturated heterocycles. The van der Waals surface area contributed by atoms with Crippen LogP contribution in [0.4, 0.5) is 0 Å². The van der Waals surface area contributed by atoms with Crippen LogP contribution in [0, 0.1) is 11.3 Å². The third-order valence-corrected chi connectivity index (χ3v) is 5.79. The van der Waals surface area contributed by atoms with E-state index < -0.39 is 0 Å². The maximum absolute atomic E-state index is 9.34. The molecular formula is C28H21N5. The van der Waals surface area contributed by atoms with Crippen LogP contribution in [0.1, 0.15) is 16.7 Å². The number of nitriles is 1. The van der Waals surface area contributed by atoms with E-state index in [1.807, 2.05) is 42.5 Å². The molecule has 0 bridgehead atoms. The lowest BCUT2D eigenvalue weighted by Gasteiger charge is -2.09. The molecule has 0 atom stereocenters. The number of aryl methyl sites for hydroxylation is 2. The summed E-state index contributed by atoms with van der Waals surface area (Å²) in [4.78, 5) is 0. The zero-order chi connectivity index (χ0) is 22.5. The van der Waals surface area contributed by atoms with E-state index in [2.05, 4.69) is 81.3 Å². The minimum absolute atomic E-state index is 0.593. The first-order valence-electron chi connectivity index (χ1n) is 10.8. The smallest absolute Gasteiger partial charge is 0.192 e. The Hall–Kier alpha value is -4.56. The average molecular weight is 428 g/mol. The summed E-state index contributed by atoms with van der Waals surface area (Å²) in [6.45, 7) is 0. The van der Waals surface area contributed by atoms with Gasteiger partial charge in [0.15, 0.2) is 0 Å². The number of aromatic nitrogens is 4. The van der Waals surface area contributed by atoms with Gasteiger partial charge in [0, 0.05) is 5.56 Å². The number of rotatable bonds is 6. The lowest BCUT2D eigenvalue weighted by Crippen LogP contribution is -1.93. The van der Waals surface area contributed by atoms with E-state index in [1.165, 1.54) is 11.1 Å². The standard InChI is InChI=1S/C28H21N5/c29-19-24-5-1-2-6-25(24)22-15-11-20(12-16-22)9-10-21-13-17-23(18-14-21)26-7-3-4-8-27(26)28-30-32-33-31-28/h1-8,11-18H,9-10H2,(H,30,31,32,33). The fourth-order valence-corrected chi connectivity index (χ4v) is 4.03. The van der Waals surface area contributed by atoms with Gasteiger partial charge in [0.05, 0.1) is 11.6 Å². The van der Waals surface area contributed by atoms with Crippen molar-refractivity contribution >= 4 is 0 Å². The second-order valence-electron chi connectivity index (χ2n) is 7.83. The molecule has 0 aliphatic carbocycles. The molecule has 0 unspecified atom stereocenters. The van der Waals surface area contributed by atoms with Gasteiger partial charge in [-0.15, -0.1) is 10.2 Å². The highest BCUT2D eigenvalue weighted by Gasteiger charge is 2.10. The van der Waals surface area contributed by atoms with Crippen LogP contribution in [-0.4, -0.2) is 20.6 Å². The molecular weight excluding hydrogens is 406 g/mol. The van der Waals surface area contributed by atoms with Gasteiger partial charge in [-0.25, -0.2) is 0 Å². The molecule has 0 saturated carbocycles. The Balaban J connectivity index is 1.28. The first kappa shape index (κ1) is 20.3. The lowest BCUT2D eigenvalue weighted by atomic mass is 9.96. The lowest BCUT2D eigenvalue weighted by molar-refractivity contribution is 0.881. The van der Waals surface area contributed by atoms with Crippen LogP contribution in [0.15, 0.2) is 97.1 Å². The molecule has 1 aromatic heterocycles. The predicted molar refractivity (Wildman–Crippen MR) is 129 cm³/mol. The highest BCUT2D eigenvalue weighted by molar-refractivity contribution is 5.80. The van der Waals surface area contributed by atoms with Gasteiger partial charge in [-0.2, -0.15) is 10.5 Å². The minimum Gasteiger partial charge on any atom is -0.192 e. The van der Waals surface area contributed by atoms with Crippen LogP contribution in [0.25, 0.3) is 33.6 Å². The van der Waals surface area contributed by atoms with E-state index >= 15 is 0 Å².